The molecule has 1 saturated carbocycles. The third-order valence-corrected chi connectivity index (χ3v) is 13.7. The van der Waals surface area contributed by atoms with E-state index in [1.165, 1.54) is 28.4 Å². The number of alkyl halides is 1. The van der Waals surface area contributed by atoms with Crippen molar-refractivity contribution >= 4 is 74.8 Å². The smallest absolute Gasteiger partial charge is 0.277 e. The van der Waals surface area contributed by atoms with E-state index >= 15 is 0 Å². The maximum atomic E-state index is 14.7. The number of anilines is 2. The summed E-state index contributed by atoms with van der Waals surface area (Å²) in [7, 11) is 0. The molecule has 1 aliphatic carbocycles. The molecule has 1 saturated heterocycles. The second kappa shape index (κ2) is 26.3. The zero-order valence-electron chi connectivity index (χ0n) is 40.9. The molecule has 4 atom stereocenters. The van der Waals surface area contributed by atoms with Gasteiger partial charge in [0.15, 0.2) is 17.3 Å². The van der Waals surface area contributed by atoms with Crippen LogP contribution in [0.4, 0.5) is 28.9 Å². The third kappa shape index (κ3) is 16.1. The summed E-state index contributed by atoms with van der Waals surface area (Å²) in [5.74, 6) is -6.63. The summed E-state index contributed by atoms with van der Waals surface area (Å²) in [4.78, 5) is 78.7. The van der Waals surface area contributed by atoms with E-state index < -0.39 is 82.1 Å². The van der Waals surface area contributed by atoms with Gasteiger partial charge in [0, 0.05) is 29.6 Å². The highest BCUT2D eigenvalue weighted by Gasteiger charge is 2.53. The lowest BCUT2D eigenvalue weighted by atomic mass is 9.85. The Morgan fingerprint density at radius 1 is 0.918 bits per heavy atom. The first-order valence-electron chi connectivity index (χ1n) is 23.8. The molecule has 6 rings (SSSR count). The highest BCUT2D eigenvalue weighted by molar-refractivity contribution is 14.1. The van der Waals surface area contributed by atoms with Crippen molar-refractivity contribution in [2.75, 3.05) is 64.5 Å². The molecule has 3 aromatic carbocycles. The number of amides is 5. The summed E-state index contributed by atoms with van der Waals surface area (Å²) < 4.78 is 69.6. The highest BCUT2D eigenvalue weighted by atomic mass is 127. The van der Waals surface area contributed by atoms with Gasteiger partial charge in [-0.3, -0.25) is 28.8 Å². The van der Waals surface area contributed by atoms with Gasteiger partial charge in [-0.05, 0) is 102 Å². The first-order valence-corrected chi connectivity index (χ1v) is 25.8. The number of nitrogens with one attached hydrogen (secondary N) is 6. The van der Waals surface area contributed by atoms with Crippen molar-refractivity contribution in [3.8, 4) is 10.4 Å². The average Bonchev–Trinajstić information content (AvgIpc) is 3.75. The number of β-amino-alcohol motifs (C(OH)–C–C–N with tert-alkyl or cyclic N) is 1. The fraction of sp³-hybridized carbons (Fsp3) is 0.480. The second-order valence-corrected chi connectivity index (χ2v) is 20.9. The van der Waals surface area contributed by atoms with Crippen LogP contribution < -0.4 is 32.1 Å². The number of hydrogen-bond donors (Lipinski definition) is 7. The van der Waals surface area contributed by atoms with Crippen LogP contribution in [0.3, 0.4) is 0 Å². The zero-order valence-corrected chi connectivity index (χ0v) is 43.9. The second-order valence-electron chi connectivity index (χ2n) is 18.8. The number of hydrogen-bond acceptors (Lipinski definition) is 13. The van der Waals surface area contributed by atoms with Crippen molar-refractivity contribution < 1.29 is 61.0 Å². The van der Waals surface area contributed by atoms with E-state index in [4.69, 9.17) is 14.3 Å². The van der Waals surface area contributed by atoms with Crippen LogP contribution in [0.15, 0.2) is 60.1 Å². The van der Waals surface area contributed by atoms with Gasteiger partial charge in [-0.1, -0.05) is 45.0 Å². The Kier molecular flexibility index (Phi) is 20.5. The minimum Gasteiger partial charge on any atom is -0.391 e. The summed E-state index contributed by atoms with van der Waals surface area (Å²) in [6, 6.07) is 10.2. The Morgan fingerprint density at radius 2 is 1.63 bits per heavy atom. The Balaban J connectivity index is 0.895. The quantitative estimate of drug-likeness (QED) is 0.0169. The predicted octanol–water partition coefficient (Wildman–Crippen LogP) is 5.92. The van der Waals surface area contributed by atoms with Crippen LogP contribution >= 0.6 is 33.9 Å². The summed E-state index contributed by atoms with van der Waals surface area (Å²) in [6.45, 7) is 9.21. The molecular weight excluding hydrogens is 1090 g/mol. The zero-order chi connectivity index (χ0) is 52.9. The first kappa shape index (κ1) is 57.0. The van der Waals surface area contributed by atoms with Gasteiger partial charge in [0.1, 0.15) is 17.9 Å². The van der Waals surface area contributed by atoms with Crippen LogP contribution in [-0.2, 0) is 33.5 Å². The van der Waals surface area contributed by atoms with Crippen molar-refractivity contribution in [2.45, 2.75) is 89.7 Å². The standard InChI is InChI=1S/C50H61F4IN8O9S/c1-29-43(73-28-58-29)31-8-6-30(7-9-31)38(60-46(67)39-25-33(64)27-63(39)47(68)44(49(2,3)4)61-48(69)50(54)14-15-50)26-40(65)57-18-21-71-23-22-70-20-17-56-16-5-19-72-62-45(66)34-11-12-35(51)41(53)42(34)59-37-13-10-32(55)24-36(37)52/h6-13,24,28,33,38-39,44,56,59,64H,5,14-23,25-27H2,1-4H3,(H,57,65)(H,60,67)(H,61,69)(H,62,66)/t33-,38+,39+,44?/m1/s1. The van der Waals surface area contributed by atoms with Crippen LogP contribution in [-0.4, -0.2) is 128 Å². The number of aliphatic hydroxyl groups is 1. The molecule has 1 aromatic heterocycles. The Hall–Kier alpha value is -5.31. The monoisotopic (exact) mass is 1150 g/mol. The molecule has 396 valence electrons. The maximum Gasteiger partial charge on any atom is 0.277 e. The number of aryl methyl sites for hydroxylation is 1. The van der Waals surface area contributed by atoms with Crippen LogP contribution in [0.25, 0.3) is 10.4 Å². The Morgan fingerprint density at radius 3 is 2.29 bits per heavy atom. The number of carbonyl (C=O) groups excluding carboxylic acids is 5. The number of ether oxygens (including phenoxy) is 2. The van der Waals surface area contributed by atoms with Gasteiger partial charge in [-0.2, -0.15) is 0 Å². The van der Waals surface area contributed by atoms with Crippen LogP contribution in [0.5, 0.6) is 0 Å². The lowest BCUT2D eigenvalue weighted by Gasteiger charge is -2.36. The summed E-state index contributed by atoms with van der Waals surface area (Å²) in [6.07, 6.45) is -0.682. The van der Waals surface area contributed by atoms with Crippen molar-refractivity contribution in [1.29, 1.82) is 0 Å². The van der Waals surface area contributed by atoms with E-state index in [0.29, 0.717) is 35.3 Å². The SMILES string of the molecule is Cc1ncsc1-c1ccc([C@H](CC(=O)NCCOCCOCCNCCCONC(=O)c2ccc(F)c(F)c2Nc2ccc(I)cc2F)NC(=O)[C@@H]2C[C@@H](O)CN2C(=O)C(NC(=O)C2(F)CC2)C(C)(C)C)cc1. The molecular formula is C50H61F4IN8O9S. The highest BCUT2D eigenvalue weighted by Crippen LogP contribution is 2.41. The minimum absolute atomic E-state index is 0.0624. The van der Waals surface area contributed by atoms with E-state index in [1.54, 1.807) is 44.5 Å². The molecule has 0 radical (unpaired) electrons. The number of thiazole rings is 1. The average molecular weight is 1150 g/mol. The van der Waals surface area contributed by atoms with Crippen molar-refractivity contribution in [1.82, 2.24) is 36.6 Å². The maximum absolute atomic E-state index is 14.7. The van der Waals surface area contributed by atoms with Gasteiger partial charge < -0.3 is 46.1 Å². The number of aromatic nitrogens is 1. The summed E-state index contributed by atoms with van der Waals surface area (Å²) in [5, 5.41) is 24.7. The van der Waals surface area contributed by atoms with Gasteiger partial charge >= 0.3 is 0 Å². The van der Waals surface area contributed by atoms with Gasteiger partial charge in [0.25, 0.3) is 11.8 Å². The van der Waals surface area contributed by atoms with Crippen LogP contribution in [0.2, 0.25) is 0 Å². The molecule has 23 heteroatoms. The molecule has 2 fully saturated rings. The molecule has 73 heavy (non-hydrogen) atoms. The molecule has 17 nitrogen and oxygen atoms in total. The number of rotatable bonds is 26. The molecule has 0 bridgehead atoms. The normalized spacial score (nSPS) is 16.9. The number of hydroxylamine groups is 1. The Bertz CT molecular complexity index is 2570. The van der Waals surface area contributed by atoms with Crippen LogP contribution in [0.1, 0.15) is 80.5 Å². The molecule has 5 amide bonds. The van der Waals surface area contributed by atoms with E-state index in [9.17, 15) is 46.6 Å². The molecule has 2 heterocycles. The molecule has 0 spiro atoms. The topological polar surface area (TPSA) is 222 Å². The lowest BCUT2D eigenvalue weighted by molar-refractivity contribution is -0.145. The van der Waals surface area contributed by atoms with Crippen molar-refractivity contribution in [2.24, 2.45) is 5.41 Å². The van der Waals surface area contributed by atoms with Gasteiger partial charge in [-0.15, -0.1) is 11.3 Å². The van der Waals surface area contributed by atoms with E-state index in [2.05, 4.69) is 37.0 Å². The molecule has 7 N–H and O–H groups in total. The fourth-order valence-corrected chi connectivity index (χ4v) is 9.09. The number of carbonyl (C=O) groups is 5. The lowest BCUT2D eigenvalue weighted by Crippen LogP contribution is -2.59. The first-order chi connectivity index (χ1) is 34.7. The number of halogens is 5. The molecule has 4 aromatic rings. The fourth-order valence-electron chi connectivity index (χ4n) is 7.82. The predicted molar refractivity (Wildman–Crippen MR) is 273 cm³/mol. The summed E-state index contributed by atoms with van der Waals surface area (Å²) >= 11 is 3.39. The van der Waals surface area contributed by atoms with E-state index in [0.717, 1.165) is 28.3 Å². The van der Waals surface area contributed by atoms with E-state index in [-0.39, 0.29) is 82.4 Å². The van der Waals surface area contributed by atoms with Gasteiger partial charge in [0.05, 0.1) is 84.6 Å². The summed E-state index contributed by atoms with van der Waals surface area (Å²) in [5.41, 5.74) is 2.48. The van der Waals surface area contributed by atoms with Crippen molar-refractivity contribution in [3.05, 3.63) is 98.0 Å². The number of nitrogens with zero attached hydrogens (tertiary/aromatic N) is 2. The Labute approximate surface area is 438 Å². The number of aliphatic hydroxyl groups excluding tert-OH is 1. The van der Waals surface area contributed by atoms with Crippen molar-refractivity contribution in [3.63, 3.8) is 0 Å². The van der Waals surface area contributed by atoms with E-state index in [1.807, 2.05) is 41.6 Å². The largest absolute Gasteiger partial charge is 0.391 e. The molecule has 1 aliphatic heterocycles. The molecule has 2 aliphatic rings. The van der Waals surface area contributed by atoms with Crippen LogP contribution in [0, 0.1) is 33.4 Å². The third-order valence-electron chi connectivity index (χ3n) is 12.0. The van der Waals surface area contributed by atoms with Gasteiger partial charge in [-0.25, -0.2) is 28.0 Å². The van der Waals surface area contributed by atoms with Gasteiger partial charge in [0.2, 0.25) is 17.7 Å². The minimum atomic E-state index is -2.03. The number of benzene rings is 3. The number of likely N-dealkylation sites (tertiary alicyclic amines) is 1. The molecule has 1 unspecified atom stereocenters.